The highest BCUT2D eigenvalue weighted by molar-refractivity contribution is 5.12. The lowest BCUT2D eigenvalue weighted by atomic mass is 9.70. The van der Waals surface area contributed by atoms with E-state index in [1.54, 1.807) is 0 Å². The van der Waals surface area contributed by atoms with E-state index in [1.807, 2.05) is 0 Å². The first-order valence-corrected chi connectivity index (χ1v) is 12.4. The number of quaternary nitrogens is 1. The molecule has 0 amide bonds. The van der Waals surface area contributed by atoms with E-state index in [2.05, 4.69) is 55.6 Å². The lowest BCUT2D eigenvalue weighted by Gasteiger charge is -2.40. The fourth-order valence-corrected chi connectivity index (χ4v) is 7.76. The molecule has 4 fully saturated rings. The molecule has 0 saturated heterocycles. The van der Waals surface area contributed by atoms with Crippen LogP contribution in [0.25, 0.3) is 0 Å². The van der Waals surface area contributed by atoms with Crippen molar-refractivity contribution in [2.45, 2.75) is 92.3 Å². The van der Waals surface area contributed by atoms with Gasteiger partial charge in [-0.15, -0.1) is 0 Å². The van der Waals surface area contributed by atoms with Crippen molar-refractivity contribution in [2.24, 2.45) is 33.5 Å². The first kappa shape index (κ1) is 22.1. The van der Waals surface area contributed by atoms with Gasteiger partial charge in [0.05, 0.1) is 39.5 Å². The minimum absolute atomic E-state index is 0.377. The number of nitrogens with zero attached hydrogens (tertiary/aromatic N) is 1. The molecule has 0 aliphatic heterocycles. The van der Waals surface area contributed by atoms with Crippen LogP contribution in [0.1, 0.15) is 80.1 Å². The van der Waals surface area contributed by atoms with E-state index in [9.17, 15) is 0 Å². The maximum absolute atomic E-state index is 6.52. The molecule has 0 aromatic carbocycles. The van der Waals surface area contributed by atoms with Crippen molar-refractivity contribution in [3.05, 3.63) is 0 Å². The average molecular weight is 407 g/mol. The van der Waals surface area contributed by atoms with Gasteiger partial charge in [-0.2, -0.15) is 0 Å². The van der Waals surface area contributed by atoms with Crippen LogP contribution in [0.5, 0.6) is 0 Å². The van der Waals surface area contributed by atoms with Gasteiger partial charge in [0, 0.05) is 0 Å². The van der Waals surface area contributed by atoms with Gasteiger partial charge in [-0.3, -0.25) is 0 Å². The van der Waals surface area contributed by atoms with E-state index in [4.69, 9.17) is 9.47 Å². The van der Waals surface area contributed by atoms with Gasteiger partial charge in [0.15, 0.2) is 0 Å². The molecule has 6 atom stereocenters. The van der Waals surface area contributed by atoms with Crippen molar-refractivity contribution in [2.75, 3.05) is 40.4 Å². The third kappa shape index (κ3) is 3.24. The van der Waals surface area contributed by atoms with Crippen LogP contribution in [0.2, 0.25) is 0 Å². The smallest absolute Gasteiger partial charge is 0.102 e. The van der Waals surface area contributed by atoms with Crippen molar-refractivity contribution < 1.29 is 14.0 Å². The van der Waals surface area contributed by atoms with Gasteiger partial charge >= 0.3 is 0 Å². The predicted octanol–water partition coefficient (Wildman–Crippen LogP) is 5.53. The van der Waals surface area contributed by atoms with Crippen molar-refractivity contribution >= 4 is 0 Å². The number of rotatable bonds is 8. The van der Waals surface area contributed by atoms with Crippen LogP contribution in [0.15, 0.2) is 0 Å². The molecular formula is C26H48NO2+. The van der Waals surface area contributed by atoms with Crippen LogP contribution in [0.4, 0.5) is 0 Å². The molecule has 4 aliphatic carbocycles. The lowest BCUT2D eigenvalue weighted by Crippen LogP contribution is -2.47. The molecule has 0 N–H and O–H groups in total. The molecule has 168 valence electrons. The Morgan fingerprint density at radius 3 is 1.34 bits per heavy atom. The largest absolute Gasteiger partial charge is 0.372 e. The second-order valence-electron chi connectivity index (χ2n) is 13.3. The zero-order valence-electron chi connectivity index (χ0n) is 20.6. The highest BCUT2D eigenvalue weighted by Gasteiger charge is 2.62. The SMILES string of the molecule is CC1(C)[C@@H]2CC[C@]1(C)[C@H](OCC[N+](C)(C)CCO[C@@H]1C[C@H]3CC[C@@]1(C)C3(C)C)C2. The van der Waals surface area contributed by atoms with Crippen LogP contribution in [0.3, 0.4) is 0 Å². The van der Waals surface area contributed by atoms with E-state index in [1.165, 1.54) is 38.5 Å². The van der Waals surface area contributed by atoms with Crippen LogP contribution < -0.4 is 0 Å². The molecule has 4 saturated carbocycles. The highest BCUT2D eigenvalue weighted by Crippen LogP contribution is 2.67. The fraction of sp³-hybridized carbons (Fsp3) is 1.00. The van der Waals surface area contributed by atoms with Crippen molar-refractivity contribution in [3.63, 3.8) is 0 Å². The monoisotopic (exact) mass is 406 g/mol. The minimum atomic E-state index is 0.377. The van der Waals surface area contributed by atoms with Crippen LogP contribution in [-0.4, -0.2) is 57.1 Å². The number of ether oxygens (including phenoxy) is 2. The molecule has 0 heterocycles. The van der Waals surface area contributed by atoms with Gasteiger partial charge in [-0.05, 0) is 72.0 Å². The summed E-state index contributed by atoms with van der Waals surface area (Å²) in [5.41, 5.74) is 1.64. The van der Waals surface area contributed by atoms with Gasteiger partial charge in [-0.1, -0.05) is 41.5 Å². The predicted molar refractivity (Wildman–Crippen MR) is 120 cm³/mol. The standard InChI is InChI=1S/C26H48NO2/c1-23(2)19-9-11-25(23,5)21(17-19)28-15-13-27(7,8)14-16-29-22-18-20-10-12-26(22,6)24(20,3)4/h19-22H,9-18H2,1-8H3/q+1/t19-,20-,21-,22-,25-,26-/m1/s1. The fourth-order valence-electron chi connectivity index (χ4n) is 7.76. The summed E-state index contributed by atoms with van der Waals surface area (Å²) in [5.74, 6) is 1.72. The summed E-state index contributed by atoms with van der Waals surface area (Å²) < 4.78 is 14.0. The molecule has 0 radical (unpaired) electrons. The highest BCUT2D eigenvalue weighted by atomic mass is 16.5. The topological polar surface area (TPSA) is 18.5 Å². The summed E-state index contributed by atoms with van der Waals surface area (Å²) >= 11 is 0. The number of fused-ring (bicyclic) bond motifs is 4. The second kappa shape index (κ2) is 6.94. The van der Waals surface area contributed by atoms with Crippen LogP contribution >= 0.6 is 0 Å². The van der Waals surface area contributed by atoms with Crippen molar-refractivity contribution in [3.8, 4) is 0 Å². The van der Waals surface area contributed by atoms with Gasteiger partial charge in [0.2, 0.25) is 0 Å². The Balaban J connectivity index is 1.21. The maximum Gasteiger partial charge on any atom is 0.102 e. The van der Waals surface area contributed by atoms with Gasteiger partial charge < -0.3 is 14.0 Å². The quantitative estimate of drug-likeness (QED) is 0.494. The number of hydrogen-bond donors (Lipinski definition) is 0. The molecule has 0 aromatic rings. The number of likely N-dealkylation sites (N-methyl/N-ethyl adjacent to an activating group) is 1. The van der Waals surface area contributed by atoms with E-state index in [0.29, 0.717) is 33.9 Å². The Morgan fingerprint density at radius 1 is 0.690 bits per heavy atom. The third-order valence-electron chi connectivity index (χ3n) is 11.5. The van der Waals surface area contributed by atoms with E-state index in [0.717, 1.165) is 42.6 Å². The zero-order valence-corrected chi connectivity index (χ0v) is 20.6. The van der Waals surface area contributed by atoms with Crippen molar-refractivity contribution in [1.29, 1.82) is 0 Å². The van der Waals surface area contributed by atoms with Crippen molar-refractivity contribution in [1.82, 2.24) is 0 Å². The lowest BCUT2D eigenvalue weighted by molar-refractivity contribution is -0.891. The number of hydrogen-bond acceptors (Lipinski definition) is 2. The molecule has 29 heavy (non-hydrogen) atoms. The minimum Gasteiger partial charge on any atom is -0.372 e. The Hall–Kier alpha value is -0.120. The molecule has 4 aliphatic rings. The van der Waals surface area contributed by atoms with Gasteiger partial charge in [0.25, 0.3) is 0 Å². The molecule has 4 rings (SSSR count). The maximum atomic E-state index is 6.52. The Bertz CT molecular complexity index is 574. The summed E-state index contributed by atoms with van der Waals surface area (Å²) in [6.45, 7) is 18.8. The molecule has 3 nitrogen and oxygen atoms in total. The normalized spacial score (nSPS) is 44.7. The summed E-state index contributed by atoms with van der Waals surface area (Å²) in [6, 6.07) is 0. The molecule has 0 spiro atoms. The van der Waals surface area contributed by atoms with E-state index >= 15 is 0 Å². The summed E-state index contributed by atoms with van der Waals surface area (Å²) in [7, 11) is 4.68. The summed E-state index contributed by atoms with van der Waals surface area (Å²) in [5, 5.41) is 0. The third-order valence-corrected chi connectivity index (χ3v) is 11.5. The Kier molecular flexibility index (Phi) is 5.28. The molecule has 3 heteroatoms. The van der Waals surface area contributed by atoms with E-state index in [-0.39, 0.29) is 0 Å². The summed E-state index contributed by atoms with van der Waals surface area (Å²) in [6.07, 6.45) is 8.97. The molecule has 0 aromatic heterocycles. The van der Waals surface area contributed by atoms with Gasteiger partial charge in [0.1, 0.15) is 13.1 Å². The molecule has 0 unspecified atom stereocenters. The summed E-state index contributed by atoms with van der Waals surface area (Å²) in [4.78, 5) is 0. The first-order chi connectivity index (χ1) is 13.3. The Labute approximate surface area is 180 Å². The average Bonchev–Trinajstić information content (AvgIpc) is 3.13. The van der Waals surface area contributed by atoms with E-state index < -0.39 is 0 Å². The van der Waals surface area contributed by atoms with Crippen LogP contribution in [0, 0.1) is 33.5 Å². The first-order valence-electron chi connectivity index (χ1n) is 12.4. The molecule has 4 bridgehead atoms. The molecular weight excluding hydrogens is 358 g/mol. The van der Waals surface area contributed by atoms with Gasteiger partial charge in [-0.25, -0.2) is 0 Å². The van der Waals surface area contributed by atoms with Crippen LogP contribution in [-0.2, 0) is 9.47 Å². The Morgan fingerprint density at radius 2 is 1.07 bits per heavy atom. The second-order valence-corrected chi connectivity index (χ2v) is 13.3. The zero-order chi connectivity index (χ0) is 21.3.